The van der Waals surface area contributed by atoms with Gasteiger partial charge in [-0.3, -0.25) is 15.0 Å². The molecule has 0 unspecified atom stereocenters. The molecule has 5 heteroatoms. The number of fused-ring (bicyclic) bond motifs is 1. The SMILES string of the molecule is CC(C)(CN1CCc2sccc2C1)[N+](=O)[O-]. The lowest BCUT2D eigenvalue weighted by Crippen LogP contribution is -2.45. The Labute approximate surface area is 99.0 Å². The minimum Gasteiger partial charge on any atom is -0.292 e. The first-order valence-corrected chi connectivity index (χ1v) is 6.29. The third kappa shape index (κ3) is 2.25. The average molecular weight is 240 g/mol. The maximum absolute atomic E-state index is 10.9. The molecule has 1 aromatic rings. The fourth-order valence-corrected chi connectivity index (χ4v) is 2.94. The summed E-state index contributed by atoms with van der Waals surface area (Å²) in [6, 6.07) is 2.13. The Morgan fingerprint density at radius 1 is 1.62 bits per heavy atom. The van der Waals surface area contributed by atoms with E-state index >= 15 is 0 Å². The molecule has 16 heavy (non-hydrogen) atoms. The monoisotopic (exact) mass is 240 g/mol. The molecule has 0 spiro atoms. The van der Waals surface area contributed by atoms with E-state index in [0.29, 0.717) is 6.54 Å². The Morgan fingerprint density at radius 2 is 2.38 bits per heavy atom. The van der Waals surface area contributed by atoms with E-state index < -0.39 is 5.54 Å². The van der Waals surface area contributed by atoms with Gasteiger partial charge in [-0.1, -0.05) is 0 Å². The number of nitrogens with zero attached hydrogens (tertiary/aromatic N) is 2. The van der Waals surface area contributed by atoms with Crippen LogP contribution in [0.15, 0.2) is 11.4 Å². The molecular weight excluding hydrogens is 224 g/mol. The van der Waals surface area contributed by atoms with Crippen LogP contribution in [-0.4, -0.2) is 28.5 Å². The Balaban J connectivity index is 2.02. The van der Waals surface area contributed by atoms with Crippen LogP contribution in [0.4, 0.5) is 0 Å². The fourth-order valence-electron chi connectivity index (χ4n) is 2.05. The van der Waals surface area contributed by atoms with Crippen LogP contribution >= 0.6 is 11.3 Å². The summed E-state index contributed by atoms with van der Waals surface area (Å²) < 4.78 is 0. The Kier molecular flexibility index (Phi) is 2.99. The summed E-state index contributed by atoms with van der Waals surface area (Å²) in [5.41, 5.74) is 0.489. The number of rotatable bonds is 3. The van der Waals surface area contributed by atoms with E-state index in [9.17, 15) is 10.1 Å². The molecule has 88 valence electrons. The smallest absolute Gasteiger partial charge is 0.229 e. The molecule has 0 radical (unpaired) electrons. The van der Waals surface area contributed by atoms with Gasteiger partial charge >= 0.3 is 0 Å². The zero-order valence-electron chi connectivity index (χ0n) is 9.60. The van der Waals surface area contributed by atoms with Crippen molar-refractivity contribution in [1.82, 2.24) is 4.90 Å². The molecule has 1 aliphatic rings. The van der Waals surface area contributed by atoms with E-state index in [0.717, 1.165) is 19.5 Å². The van der Waals surface area contributed by atoms with E-state index in [-0.39, 0.29) is 4.92 Å². The van der Waals surface area contributed by atoms with Crippen molar-refractivity contribution in [2.45, 2.75) is 32.4 Å². The second-order valence-electron chi connectivity index (χ2n) is 4.90. The second-order valence-corrected chi connectivity index (χ2v) is 5.90. The lowest BCUT2D eigenvalue weighted by atomic mass is 10.0. The van der Waals surface area contributed by atoms with Crippen LogP contribution in [-0.2, 0) is 13.0 Å². The zero-order chi connectivity index (χ0) is 11.8. The molecule has 2 rings (SSSR count). The fraction of sp³-hybridized carbons (Fsp3) is 0.636. The van der Waals surface area contributed by atoms with E-state index in [1.807, 2.05) is 0 Å². The summed E-state index contributed by atoms with van der Waals surface area (Å²) in [5.74, 6) is 0. The molecule has 0 bridgehead atoms. The summed E-state index contributed by atoms with van der Waals surface area (Å²) >= 11 is 1.79. The highest BCUT2D eigenvalue weighted by Gasteiger charge is 2.34. The van der Waals surface area contributed by atoms with E-state index in [1.165, 1.54) is 10.4 Å². The van der Waals surface area contributed by atoms with Gasteiger partial charge in [0.25, 0.3) is 0 Å². The van der Waals surface area contributed by atoms with Gasteiger partial charge in [0.1, 0.15) is 0 Å². The predicted molar refractivity (Wildman–Crippen MR) is 64.4 cm³/mol. The van der Waals surface area contributed by atoms with Gasteiger partial charge in [-0.25, -0.2) is 0 Å². The normalized spacial score (nSPS) is 17.1. The van der Waals surface area contributed by atoms with Crippen molar-refractivity contribution in [3.8, 4) is 0 Å². The molecule has 0 aliphatic carbocycles. The van der Waals surface area contributed by atoms with Crippen LogP contribution in [0.1, 0.15) is 24.3 Å². The predicted octanol–water partition coefficient (Wildman–Crippen LogP) is 2.16. The van der Waals surface area contributed by atoms with Crippen LogP contribution < -0.4 is 0 Å². The molecule has 0 amide bonds. The van der Waals surface area contributed by atoms with Crippen molar-refractivity contribution >= 4 is 11.3 Å². The highest BCUT2D eigenvalue weighted by molar-refractivity contribution is 7.10. The minimum absolute atomic E-state index is 0.184. The highest BCUT2D eigenvalue weighted by atomic mass is 32.1. The zero-order valence-corrected chi connectivity index (χ0v) is 10.4. The van der Waals surface area contributed by atoms with E-state index in [2.05, 4.69) is 16.3 Å². The Morgan fingerprint density at radius 3 is 3.06 bits per heavy atom. The number of hydrogen-bond acceptors (Lipinski definition) is 4. The molecule has 1 aromatic heterocycles. The third-order valence-corrected chi connectivity index (χ3v) is 4.01. The molecule has 2 heterocycles. The molecular formula is C11H16N2O2S. The van der Waals surface area contributed by atoms with E-state index in [4.69, 9.17) is 0 Å². The van der Waals surface area contributed by atoms with Crippen LogP contribution in [0.5, 0.6) is 0 Å². The quantitative estimate of drug-likeness (QED) is 0.601. The Bertz CT molecular complexity index is 400. The van der Waals surface area contributed by atoms with Gasteiger partial charge in [-0.15, -0.1) is 11.3 Å². The van der Waals surface area contributed by atoms with Crippen molar-refractivity contribution in [3.05, 3.63) is 32.0 Å². The maximum atomic E-state index is 10.9. The summed E-state index contributed by atoms with van der Waals surface area (Å²) in [7, 11) is 0. The van der Waals surface area contributed by atoms with Gasteiger partial charge in [-0.2, -0.15) is 0 Å². The average Bonchev–Trinajstić information content (AvgIpc) is 2.63. The second kappa shape index (κ2) is 4.14. The first-order valence-electron chi connectivity index (χ1n) is 5.41. The van der Waals surface area contributed by atoms with Crippen molar-refractivity contribution in [2.24, 2.45) is 0 Å². The van der Waals surface area contributed by atoms with Crippen molar-refractivity contribution in [1.29, 1.82) is 0 Å². The van der Waals surface area contributed by atoms with Gasteiger partial charge in [0.2, 0.25) is 5.54 Å². The van der Waals surface area contributed by atoms with Crippen LogP contribution in [0.2, 0.25) is 0 Å². The number of nitro groups is 1. The number of thiophene rings is 1. The van der Waals surface area contributed by atoms with Crippen LogP contribution in [0, 0.1) is 10.1 Å². The molecule has 0 aromatic carbocycles. The Hall–Kier alpha value is -0.940. The molecule has 1 aliphatic heterocycles. The number of hydrogen-bond donors (Lipinski definition) is 0. The topological polar surface area (TPSA) is 46.4 Å². The van der Waals surface area contributed by atoms with Gasteiger partial charge in [0.05, 0.1) is 6.54 Å². The van der Waals surface area contributed by atoms with Gasteiger partial charge in [0.15, 0.2) is 0 Å². The van der Waals surface area contributed by atoms with E-state index in [1.54, 1.807) is 25.2 Å². The van der Waals surface area contributed by atoms with Crippen molar-refractivity contribution in [2.75, 3.05) is 13.1 Å². The summed E-state index contributed by atoms with van der Waals surface area (Å²) in [6.45, 7) is 5.70. The van der Waals surface area contributed by atoms with Gasteiger partial charge in [-0.05, 0) is 23.4 Å². The van der Waals surface area contributed by atoms with Gasteiger partial charge in [0, 0.05) is 36.7 Å². The largest absolute Gasteiger partial charge is 0.292 e. The van der Waals surface area contributed by atoms with Crippen LogP contribution in [0.25, 0.3) is 0 Å². The first-order chi connectivity index (χ1) is 7.49. The summed E-state index contributed by atoms with van der Waals surface area (Å²) in [5, 5.41) is 13.0. The maximum Gasteiger partial charge on any atom is 0.229 e. The van der Waals surface area contributed by atoms with Gasteiger partial charge < -0.3 is 0 Å². The molecule has 0 fully saturated rings. The first kappa shape index (κ1) is 11.5. The third-order valence-electron chi connectivity index (χ3n) is 2.99. The van der Waals surface area contributed by atoms with Crippen molar-refractivity contribution < 1.29 is 4.92 Å². The highest BCUT2D eigenvalue weighted by Crippen LogP contribution is 2.25. The molecule has 0 saturated heterocycles. The summed E-state index contributed by atoms with van der Waals surface area (Å²) in [6.07, 6.45) is 1.03. The van der Waals surface area contributed by atoms with Crippen LogP contribution in [0.3, 0.4) is 0 Å². The standard InChI is InChI=1S/C11H16N2O2S/c1-11(2,13(14)15)8-12-5-3-10-9(7-12)4-6-16-10/h4,6H,3,5,7-8H2,1-2H3. The molecule has 0 saturated carbocycles. The lowest BCUT2D eigenvalue weighted by molar-refractivity contribution is -0.561. The lowest BCUT2D eigenvalue weighted by Gasteiger charge is -2.30. The summed E-state index contributed by atoms with van der Waals surface area (Å²) in [4.78, 5) is 14.3. The van der Waals surface area contributed by atoms with Crippen molar-refractivity contribution in [3.63, 3.8) is 0 Å². The molecule has 0 atom stereocenters. The molecule has 4 nitrogen and oxygen atoms in total. The minimum atomic E-state index is -0.854. The molecule has 0 N–H and O–H groups in total.